The molecular formula is C16H34N+. The molecule has 0 N–H and O–H groups in total. The third kappa shape index (κ3) is 4.99. The van der Waals surface area contributed by atoms with E-state index < -0.39 is 0 Å². The van der Waals surface area contributed by atoms with Crippen molar-refractivity contribution in [3.8, 4) is 0 Å². The molecule has 0 spiro atoms. The molecule has 0 bridgehead atoms. The average Bonchev–Trinajstić information content (AvgIpc) is 2.78. The van der Waals surface area contributed by atoms with Gasteiger partial charge >= 0.3 is 0 Å². The van der Waals surface area contributed by atoms with Gasteiger partial charge in [0.2, 0.25) is 0 Å². The molecule has 0 amide bonds. The zero-order chi connectivity index (χ0) is 12.6. The zero-order valence-corrected chi connectivity index (χ0v) is 12.5. The molecule has 1 heteroatoms. The van der Waals surface area contributed by atoms with Gasteiger partial charge < -0.3 is 4.48 Å². The van der Waals surface area contributed by atoms with Crippen LogP contribution in [0, 0.1) is 0 Å². The normalized spacial score (nSPS) is 19.1. The molecule has 0 aromatic carbocycles. The highest BCUT2D eigenvalue weighted by Crippen LogP contribution is 2.24. The number of nitrogens with zero attached hydrogens (tertiary/aromatic N) is 1. The van der Waals surface area contributed by atoms with Crippen LogP contribution in [-0.4, -0.2) is 30.2 Å². The van der Waals surface area contributed by atoms with Crippen LogP contribution < -0.4 is 0 Å². The monoisotopic (exact) mass is 240 g/mol. The fourth-order valence-corrected chi connectivity index (χ4v) is 3.35. The Morgan fingerprint density at radius 1 is 0.824 bits per heavy atom. The quantitative estimate of drug-likeness (QED) is 0.403. The minimum atomic E-state index is 0.845. The van der Waals surface area contributed by atoms with Gasteiger partial charge in [-0.15, -0.1) is 0 Å². The highest BCUT2D eigenvalue weighted by atomic mass is 15.4. The Morgan fingerprint density at radius 2 is 1.35 bits per heavy atom. The van der Waals surface area contributed by atoms with E-state index in [1.54, 1.807) is 0 Å². The van der Waals surface area contributed by atoms with Crippen LogP contribution in [0.4, 0.5) is 0 Å². The lowest BCUT2D eigenvalue weighted by atomic mass is 10.1. The van der Waals surface area contributed by atoms with Gasteiger partial charge in [0.1, 0.15) is 0 Å². The summed E-state index contributed by atoms with van der Waals surface area (Å²) >= 11 is 0. The molecule has 1 nitrogen and oxygen atoms in total. The molecule has 0 aromatic heterocycles. The molecule has 1 heterocycles. The van der Waals surface area contributed by atoms with E-state index in [0.29, 0.717) is 0 Å². The van der Waals surface area contributed by atoms with Crippen molar-refractivity contribution in [3.63, 3.8) is 0 Å². The second-order valence-corrected chi connectivity index (χ2v) is 6.31. The predicted octanol–water partition coefficient (Wildman–Crippen LogP) is 4.76. The van der Waals surface area contributed by atoms with Crippen LogP contribution in [0.15, 0.2) is 0 Å². The van der Waals surface area contributed by atoms with Gasteiger partial charge in [-0.25, -0.2) is 0 Å². The first-order chi connectivity index (χ1) is 8.21. The van der Waals surface area contributed by atoms with E-state index in [0.717, 1.165) is 6.04 Å². The maximum absolute atomic E-state index is 2.42. The number of hydrogen-bond acceptors (Lipinski definition) is 0. The molecule has 1 aliphatic rings. The molecule has 102 valence electrons. The second kappa shape index (κ2) is 8.13. The molecular weight excluding hydrogens is 206 g/mol. The molecule has 1 saturated heterocycles. The van der Waals surface area contributed by atoms with E-state index in [-0.39, 0.29) is 0 Å². The van der Waals surface area contributed by atoms with Crippen LogP contribution in [0.5, 0.6) is 0 Å². The van der Waals surface area contributed by atoms with Crippen molar-refractivity contribution in [1.29, 1.82) is 0 Å². The van der Waals surface area contributed by atoms with Crippen LogP contribution in [0.25, 0.3) is 0 Å². The third-order valence-electron chi connectivity index (χ3n) is 4.76. The number of likely N-dealkylation sites (tertiary alicyclic amines) is 1. The number of rotatable bonds is 9. The Labute approximate surface area is 109 Å². The first kappa shape index (κ1) is 15.0. The summed E-state index contributed by atoms with van der Waals surface area (Å²) in [6.45, 7) is 11.5. The first-order valence-corrected chi connectivity index (χ1v) is 8.07. The van der Waals surface area contributed by atoms with Crippen LogP contribution in [0.2, 0.25) is 0 Å². The van der Waals surface area contributed by atoms with E-state index in [1.807, 2.05) is 0 Å². The number of hydrogen-bond donors (Lipinski definition) is 0. The van der Waals surface area contributed by atoms with Crippen molar-refractivity contribution in [3.05, 3.63) is 0 Å². The van der Waals surface area contributed by atoms with E-state index in [2.05, 4.69) is 20.8 Å². The Hall–Kier alpha value is -0.0400. The Bertz CT molecular complexity index is 180. The smallest absolute Gasteiger partial charge is 0.0833 e. The minimum Gasteiger partial charge on any atom is -0.322 e. The van der Waals surface area contributed by atoms with E-state index in [1.165, 1.54) is 81.9 Å². The van der Waals surface area contributed by atoms with Gasteiger partial charge in [0.25, 0.3) is 0 Å². The maximum atomic E-state index is 2.42. The van der Waals surface area contributed by atoms with E-state index in [9.17, 15) is 0 Å². The topological polar surface area (TPSA) is 0 Å². The number of quaternary nitrogens is 1. The maximum Gasteiger partial charge on any atom is 0.0833 e. The third-order valence-corrected chi connectivity index (χ3v) is 4.76. The van der Waals surface area contributed by atoms with Crippen LogP contribution in [0.1, 0.15) is 78.6 Å². The molecule has 0 radical (unpaired) electrons. The molecule has 0 unspecified atom stereocenters. The summed E-state index contributed by atoms with van der Waals surface area (Å²) in [6, 6.07) is 0.845. The summed E-state index contributed by atoms with van der Waals surface area (Å²) in [5.74, 6) is 0. The summed E-state index contributed by atoms with van der Waals surface area (Å²) in [4.78, 5) is 0. The van der Waals surface area contributed by atoms with Gasteiger partial charge in [-0.3, -0.25) is 0 Å². The lowest BCUT2D eigenvalue weighted by Crippen LogP contribution is -2.51. The Kier molecular flexibility index (Phi) is 7.18. The van der Waals surface area contributed by atoms with Crippen molar-refractivity contribution in [2.75, 3.05) is 19.6 Å². The van der Waals surface area contributed by atoms with Gasteiger partial charge in [-0.2, -0.15) is 0 Å². The average molecular weight is 240 g/mol. The zero-order valence-electron chi connectivity index (χ0n) is 12.5. The lowest BCUT2D eigenvalue weighted by Gasteiger charge is -2.38. The molecule has 1 fully saturated rings. The van der Waals surface area contributed by atoms with Crippen molar-refractivity contribution in [1.82, 2.24) is 0 Å². The Balaban J connectivity index is 2.08. The summed E-state index contributed by atoms with van der Waals surface area (Å²) in [7, 11) is 0. The predicted molar refractivity (Wildman–Crippen MR) is 77.2 cm³/mol. The first-order valence-electron chi connectivity index (χ1n) is 8.07. The summed E-state index contributed by atoms with van der Waals surface area (Å²) in [6.07, 6.45) is 13.1. The van der Waals surface area contributed by atoms with Crippen LogP contribution in [-0.2, 0) is 0 Å². The second-order valence-electron chi connectivity index (χ2n) is 6.31. The van der Waals surface area contributed by atoms with E-state index in [4.69, 9.17) is 0 Å². The van der Waals surface area contributed by atoms with Gasteiger partial charge in [0.15, 0.2) is 0 Å². The van der Waals surface area contributed by atoms with Gasteiger partial charge in [0.05, 0.1) is 25.7 Å². The summed E-state index contributed by atoms with van der Waals surface area (Å²) < 4.78 is 1.43. The van der Waals surface area contributed by atoms with Gasteiger partial charge in [-0.1, -0.05) is 39.0 Å². The van der Waals surface area contributed by atoms with Crippen molar-refractivity contribution in [2.45, 2.75) is 84.6 Å². The highest BCUT2D eigenvalue weighted by Gasteiger charge is 2.33. The van der Waals surface area contributed by atoms with Crippen LogP contribution in [0.3, 0.4) is 0 Å². The van der Waals surface area contributed by atoms with Gasteiger partial charge in [-0.05, 0) is 26.7 Å². The van der Waals surface area contributed by atoms with E-state index >= 15 is 0 Å². The van der Waals surface area contributed by atoms with Crippen molar-refractivity contribution < 1.29 is 4.48 Å². The molecule has 17 heavy (non-hydrogen) atoms. The van der Waals surface area contributed by atoms with Gasteiger partial charge in [0, 0.05) is 12.8 Å². The molecule has 0 aromatic rings. The highest BCUT2D eigenvalue weighted by molar-refractivity contribution is 4.59. The Morgan fingerprint density at radius 3 is 1.88 bits per heavy atom. The molecule has 1 aliphatic heterocycles. The molecule has 0 saturated carbocycles. The summed E-state index contributed by atoms with van der Waals surface area (Å²) in [5, 5.41) is 0. The number of unbranched alkanes of at least 4 members (excludes halogenated alkanes) is 6. The molecule has 0 aliphatic carbocycles. The minimum absolute atomic E-state index is 0.845. The fourth-order valence-electron chi connectivity index (χ4n) is 3.35. The SMILES string of the molecule is CCCCCCCCC[N+]1(C(C)C)CCCC1. The molecule has 1 rings (SSSR count). The standard InChI is InChI=1S/C16H34N/c1-4-5-6-7-8-9-10-13-17(16(2)3)14-11-12-15-17/h16H,4-15H2,1-3H3/q+1. The van der Waals surface area contributed by atoms with Crippen molar-refractivity contribution in [2.24, 2.45) is 0 Å². The van der Waals surface area contributed by atoms with Crippen molar-refractivity contribution >= 4 is 0 Å². The summed E-state index contributed by atoms with van der Waals surface area (Å²) in [5.41, 5.74) is 0. The molecule has 0 atom stereocenters. The fraction of sp³-hybridized carbons (Fsp3) is 1.00. The lowest BCUT2D eigenvalue weighted by molar-refractivity contribution is -0.937. The largest absolute Gasteiger partial charge is 0.322 e. The van der Waals surface area contributed by atoms with Crippen LogP contribution >= 0.6 is 0 Å².